The summed E-state index contributed by atoms with van der Waals surface area (Å²) in [6.07, 6.45) is -2.05. The lowest BCUT2D eigenvalue weighted by Gasteiger charge is -2.37. The Hall–Kier alpha value is -3.04. The molecule has 0 aromatic carbocycles. The van der Waals surface area contributed by atoms with E-state index in [0.717, 1.165) is 6.92 Å². The maximum atomic E-state index is 11.2. The molecule has 0 amide bonds. The zero-order chi connectivity index (χ0) is 16.9. The summed E-state index contributed by atoms with van der Waals surface area (Å²) < 4.78 is 4.80. The van der Waals surface area contributed by atoms with Crippen molar-refractivity contribution in [1.82, 2.24) is 0 Å². The molecule has 0 aromatic rings. The van der Waals surface area contributed by atoms with Gasteiger partial charge in [-0.1, -0.05) is 10.2 Å². The second-order valence-electron chi connectivity index (χ2n) is 4.50. The summed E-state index contributed by atoms with van der Waals surface area (Å²) in [7, 11) is 0. The first-order valence-corrected chi connectivity index (χ1v) is 5.95. The molecule has 0 saturated heterocycles. The number of ether oxygens (including phenoxy) is 1. The van der Waals surface area contributed by atoms with Gasteiger partial charge >= 0.3 is 11.9 Å². The molecular formula is C9H11N7O6. The molecule has 1 aliphatic carbocycles. The fourth-order valence-electron chi connectivity index (χ4n) is 2.42. The Morgan fingerprint density at radius 1 is 1.36 bits per heavy atom. The molecular weight excluding hydrogens is 302 g/mol. The Labute approximate surface area is 122 Å². The molecule has 0 heterocycles. The number of nitrogens with zero attached hydrogens (tertiary/aromatic N) is 7. The first kappa shape index (κ1) is 17.0. The van der Waals surface area contributed by atoms with Crippen LogP contribution in [0.1, 0.15) is 13.3 Å². The highest BCUT2D eigenvalue weighted by Crippen LogP contribution is 2.34. The molecule has 1 fully saturated rings. The third kappa shape index (κ3) is 3.53. The minimum atomic E-state index is -1.82. The van der Waals surface area contributed by atoms with E-state index < -0.39 is 53.4 Å². The van der Waals surface area contributed by atoms with Crippen LogP contribution < -0.4 is 0 Å². The van der Waals surface area contributed by atoms with E-state index in [0.29, 0.717) is 0 Å². The maximum Gasteiger partial charge on any atom is 0.313 e. The van der Waals surface area contributed by atoms with E-state index in [9.17, 15) is 19.7 Å². The van der Waals surface area contributed by atoms with E-state index >= 15 is 0 Å². The summed E-state index contributed by atoms with van der Waals surface area (Å²) in [5, 5.41) is 26.9. The summed E-state index contributed by atoms with van der Waals surface area (Å²) in [5.74, 6) is -3.97. The third-order valence-electron chi connectivity index (χ3n) is 3.22. The van der Waals surface area contributed by atoms with Crippen molar-refractivity contribution >= 4 is 11.9 Å². The molecule has 1 N–H and O–H groups in total. The van der Waals surface area contributed by atoms with Crippen LogP contribution in [0, 0.1) is 16.0 Å². The van der Waals surface area contributed by atoms with Crippen molar-refractivity contribution in [3.05, 3.63) is 31.0 Å². The number of hydrogen-bond donors (Lipinski definition) is 1. The van der Waals surface area contributed by atoms with Gasteiger partial charge in [0.1, 0.15) is 5.92 Å². The first-order valence-electron chi connectivity index (χ1n) is 5.95. The number of esters is 1. The SMILES string of the molecule is CC(=O)O[C@H]1[C@H](N=[N+]=[N-])[C@@H](N=[N+]=[N-])C[C@H](C(=O)O)[C@H]1[N+](=O)[O-]. The van der Waals surface area contributed by atoms with E-state index in [1.807, 2.05) is 0 Å². The fraction of sp³-hybridized carbons (Fsp3) is 0.778. The van der Waals surface area contributed by atoms with Gasteiger partial charge < -0.3 is 9.84 Å². The predicted octanol–water partition coefficient (Wildman–Crippen LogP) is 1.03. The van der Waals surface area contributed by atoms with E-state index in [1.165, 1.54) is 0 Å². The number of azide groups is 2. The van der Waals surface area contributed by atoms with Crippen LogP contribution in [0.25, 0.3) is 20.9 Å². The quantitative estimate of drug-likeness (QED) is 0.195. The van der Waals surface area contributed by atoms with Crippen LogP contribution >= 0.6 is 0 Å². The van der Waals surface area contributed by atoms with E-state index in [1.54, 1.807) is 0 Å². The molecule has 0 radical (unpaired) electrons. The Balaban J connectivity index is 3.40. The highest BCUT2D eigenvalue weighted by molar-refractivity contribution is 5.71. The number of nitro groups is 1. The molecule has 0 aromatic heterocycles. The Kier molecular flexibility index (Phi) is 5.50. The molecule has 22 heavy (non-hydrogen) atoms. The van der Waals surface area contributed by atoms with E-state index in [4.69, 9.17) is 20.9 Å². The van der Waals surface area contributed by atoms with Gasteiger partial charge in [0, 0.05) is 21.7 Å². The highest BCUT2D eigenvalue weighted by Gasteiger charge is 2.55. The Bertz CT molecular complexity index is 567. The molecule has 118 valence electrons. The highest BCUT2D eigenvalue weighted by atomic mass is 16.6. The van der Waals surface area contributed by atoms with Gasteiger partial charge in [-0.25, -0.2) is 0 Å². The van der Waals surface area contributed by atoms with Gasteiger partial charge in [-0.3, -0.25) is 19.7 Å². The molecule has 1 saturated carbocycles. The second kappa shape index (κ2) is 7.11. The second-order valence-corrected chi connectivity index (χ2v) is 4.50. The van der Waals surface area contributed by atoms with Crippen molar-refractivity contribution in [2.24, 2.45) is 16.1 Å². The van der Waals surface area contributed by atoms with E-state index in [-0.39, 0.29) is 0 Å². The lowest BCUT2D eigenvalue weighted by atomic mass is 9.77. The lowest BCUT2D eigenvalue weighted by molar-refractivity contribution is -0.545. The van der Waals surface area contributed by atoms with Crippen molar-refractivity contribution in [3.63, 3.8) is 0 Å². The fourth-order valence-corrected chi connectivity index (χ4v) is 2.42. The molecule has 5 atom stereocenters. The van der Waals surface area contributed by atoms with Gasteiger partial charge in [0.05, 0.1) is 12.1 Å². The molecule has 0 bridgehead atoms. The van der Waals surface area contributed by atoms with Crippen molar-refractivity contribution in [1.29, 1.82) is 0 Å². The van der Waals surface area contributed by atoms with Gasteiger partial charge in [-0.2, -0.15) is 0 Å². The van der Waals surface area contributed by atoms with Crippen LogP contribution in [0.5, 0.6) is 0 Å². The van der Waals surface area contributed by atoms with Gasteiger partial charge in [0.15, 0.2) is 6.10 Å². The first-order chi connectivity index (χ1) is 10.3. The summed E-state index contributed by atoms with van der Waals surface area (Å²) in [4.78, 5) is 37.7. The molecule has 13 heteroatoms. The largest absolute Gasteiger partial charge is 0.481 e. The monoisotopic (exact) mass is 313 g/mol. The van der Waals surface area contributed by atoms with Crippen molar-refractivity contribution < 1.29 is 24.4 Å². The predicted molar refractivity (Wildman–Crippen MR) is 67.9 cm³/mol. The number of carbonyl (C=O) groups is 2. The van der Waals surface area contributed by atoms with Crippen LogP contribution in [-0.2, 0) is 14.3 Å². The summed E-state index contributed by atoms with van der Waals surface area (Å²) >= 11 is 0. The third-order valence-corrected chi connectivity index (χ3v) is 3.22. The molecule has 0 unspecified atom stereocenters. The number of carboxylic acid groups (broad SMARTS) is 1. The average Bonchev–Trinajstić information content (AvgIpc) is 2.40. The van der Waals surface area contributed by atoms with Crippen LogP contribution in [0.3, 0.4) is 0 Å². The average molecular weight is 313 g/mol. The summed E-state index contributed by atoms with van der Waals surface area (Å²) in [6.45, 7) is 0.969. The number of aliphatic carboxylic acids is 1. The topological polar surface area (TPSA) is 204 Å². The Morgan fingerprint density at radius 3 is 2.36 bits per heavy atom. The van der Waals surface area contributed by atoms with Crippen molar-refractivity contribution in [2.75, 3.05) is 0 Å². The zero-order valence-corrected chi connectivity index (χ0v) is 11.2. The normalized spacial score (nSPS) is 30.3. The molecule has 0 spiro atoms. The van der Waals surface area contributed by atoms with Crippen LogP contribution in [0.2, 0.25) is 0 Å². The van der Waals surface area contributed by atoms with Gasteiger partial charge in [0.2, 0.25) is 0 Å². The number of carboxylic acids is 1. The number of hydrogen-bond acceptors (Lipinski definition) is 7. The zero-order valence-electron chi connectivity index (χ0n) is 11.2. The minimum absolute atomic E-state index is 0.410. The Morgan fingerprint density at radius 2 is 1.95 bits per heavy atom. The van der Waals surface area contributed by atoms with Crippen LogP contribution in [0.4, 0.5) is 0 Å². The van der Waals surface area contributed by atoms with Gasteiger partial charge in [0.25, 0.3) is 6.04 Å². The summed E-state index contributed by atoms with van der Waals surface area (Å²) in [5.41, 5.74) is 17.1. The maximum absolute atomic E-state index is 11.2. The van der Waals surface area contributed by atoms with E-state index in [2.05, 4.69) is 20.1 Å². The minimum Gasteiger partial charge on any atom is -0.481 e. The lowest BCUT2D eigenvalue weighted by Crippen LogP contribution is -2.58. The number of rotatable bonds is 5. The van der Waals surface area contributed by atoms with Gasteiger partial charge in [-0.15, -0.1) is 0 Å². The summed E-state index contributed by atoms with van der Waals surface area (Å²) in [6, 6.07) is -4.36. The molecule has 1 rings (SSSR count). The smallest absolute Gasteiger partial charge is 0.313 e. The number of carbonyl (C=O) groups excluding carboxylic acids is 1. The molecule has 0 aliphatic heterocycles. The molecule has 1 aliphatic rings. The van der Waals surface area contributed by atoms with Gasteiger partial charge in [-0.05, 0) is 17.5 Å². The van der Waals surface area contributed by atoms with Crippen molar-refractivity contribution in [2.45, 2.75) is 37.6 Å². The molecule has 13 nitrogen and oxygen atoms in total. The van der Waals surface area contributed by atoms with Crippen LogP contribution in [-0.4, -0.2) is 46.2 Å². The van der Waals surface area contributed by atoms with Crippen LogP contribution in [0.15, 0.2) is 10.2 Å². The standard InChI is InChI=1S/C9H11N7O6/c1-3(17)22-8-6(13-15-11)5(12-14-10)2-4(9(18)19)7(8)16(20)21/h4-8H,2H2,1H3,(H,18,19)/t4-,5-,6+,7+,8-/m0/s1. The van der Waals surface area contributed by atoms with Crippen molar-refractivity contribution in [3.8, 4) is 0 Å².